The number of H-pyrrole nitrogens is 1. The average molecular weight is 485 g/mol. The summed E-state index contributed by atoms with van der Waals surface area (Å²) in [5.41, 5.74) is 0. The second kappa shape index (κ2) is 9.54. The molecule has 0 bridgehead atoms. The van der Waals surface area contributed by atoms with Crippen LogP contribution in [0.5, 0.6) is 0 Å². The van der Waals surface area contributed by atoms with Crippen molar-refractivity contribution in [3.8, 4) is 11.6 Å². The van der Waals surface area contributed by atoms with Crippen LogP contribution in [0, 0.1) is 0 Å². The maximum Gasteiger partial charge on any atom is 0.216 e. The molecule has 8 nitrogen and oxygen atoms in total. The van der Waals surface area contributed by atoms with Crippen LogP contribution in [0.15, 0.2) is 27.8 Å². The Balaban J connectivity index is 0.00000210. The molecular weight excluding hydrogens is 457 g/mol. The highest BCUT2D eigenvalue weighted by Gasteiger charge is 2.31. The quantitative estimate of drug-likeness (QED) is 0.330. The van der Waals surface area contributed by atoms with E-state index in [4.69, 9.17) is 4.42 Å². The molecule has 3 heterocycles. The van der Waals surface area contributed by atoms with E-state index in [0.717, 1.165) is 30.8 Å². The van der Waals surface area contributed by atoms with Gasteiger partial charge in [0.2, 0.25) is 5.82 Å². The summed E-state index contributed by atoms with van der Waals surface area (Å²) in [5, 5.41) is 14.1. The molecule has 9 heteroatoms. The molecule has 3 N–H and O–H groups in total. The summed E-state index contributed by atoms with van der Waals surface area (Å²) in [6, 6.07) is 5.07. The Morgan fingerprint density at radius 3 is 2.81 bits per heavy atom. The third-order valence-corrected chi connectivity index (χ3v) is 5.08. The first-order valence-corrected chi connectivity index (χ1v) is 9.48. The smallest absolute Gasteiger partial charge is 0.216 e. The van der Waals surface area contributed by atoms with E-state index in [-0.39, 0.29) is 24.0 Å². The Kier molecular flexibility index (Phi) is 7.11. The Labute approximate surface area is 176 Å². The number of rotatable bonds is 6. The largest absolute Gasteiger partial charge is 0.461 e. The van der Waals surface area contributed by atoms with Gasteiger partial charge in [-0.2, -0.15) is 5.10 Å². The van der Waals surface area contributed by atoms with Crippen LogP contribution in [-0.4, -0.2) is 64.8 Å². The summed E-state index contributed by atoms with van der Waals surface area (Å²) in [6.45, 7) is 3.15. The van der Waals surface area contributed by atoms with E-state index in [1.165, 1.54) is 38.8 Å². The molecule has 2 aliphatic rings. The van der Waals surface area contributed by atoms with Gasteiger partial charge in [-0.25, -0.2) is 4.98 Å². The number of aromatic nitrogens is 3. The van der Waals surface area contributed by atoms with E-state index < -0.39 is 0 Å². The van der Waals surface area contributed by atoms with Crippen molar-refractivity contribution in [3.63, 3.8) is 0 Å². The number of nitrogens with zero attached hydrogens (tertiary/aromatic N) is 4. The molecule has 1 saturated heterocycles. The van der Waals surface area contributed by atoms with Gasteiger partial charge in [0.15, 0.2) is 11.7 Å². The van der Waals surface area contributed by atoms with Crippen molar-refractivity contribution in [1.29, 1.82) is 0 Å². The van der Waals surface area contributed by atoms with Gasteiger partial charge in [-0.1, -0.05) is 0 Å². The average Bonchev–Trinajstić information content (AvgIpc) is 3.17. The lowest BCUT2D eigenvalue weighted by atomic mass is 10.1. The predicted octanol–water partition coefficient (Wildman–Crippen LogP) is 2.02. The van der Waals surface area contributed by atoms with E-state index in [0.29, 0.717) is 17.6 Å². The lowest BCUT2D eigenvalue weighted by Gasteiger charge is -2.33. The number of halogens is 1. The monoisotopic (exact) mass is 485 g/mol. The minimum atomic E-state index is 0. The minimum Gasteiger partial charge on any atom is -0.461 e. The first-order valence-electron chi connectivity index (χ1n) is 9.48. The van der Waals surface area contributed by atoms with Crippen LogP contribution in [0.4, 0.5) is 0 Å². The van der Waals surface area contributed by atoms with Crippen LogP contribution < -0.4 is 10.6 Å². The molecule has 2 aromatic heterocycles. The topological polar surface area (TPSA) is 94.4 Å². The highest BCUT2D eigenvalue weighted by atomic mass is 127. The summed E-state index contributed by atoms with van der Waals surface area (Å²) in [5.74, 6) is 2.96. The SMILES string of the molecule is CN=C(NCCc1nc(-c2ccco2)n[nH]1)NC1CCN(C2CC2)CC1.I. The van der Waals surface area contributed by atoms with Gasteiger partial charge in [-0.15, -0.1) is 24.0 Å². The summed E-state index contributed by atoms with van der Waals surface area (Å²) in [6.07, 6.45) is 7.53. The van der Waals surface area contributed by atoms with Crippen LogP contribution >= 0.6 is 24.0 Å². The van der Waals surface area contributed by atoms with Crippen LogP contribution in [-0.2, 0) is 6.42 Å². The fourth-order valence-corrected chi connectivity index (χ4v) is 3.46. The minimum absolute atomic E-state index is 0. The van der Waals surface area contributed by atoms with Crippen molar-refractivity contribution in [1.82, 2.24) is 30.7 Å². The fraction of sp³-hybridized carbons (Fsp3) is 0.611. The van der Waals surface area contributed by atoms with Crippen molar-refractivity contribution in [2.24, 2.45) is 4.99 Å². The number of furan rings is 1. The molecule has 2 aromatic rings. The zero-order chi connectivity index (χ0) is 17.8. The number of piperidine rings is 1. The summed E-state index contributed by atoms with van der Waals surface area (Å²) >= 11 is 0. The molecule has 0 atom stereocenters. The van der Waals surface area contributed by atoms with Crippen LogP contribution in [0.1, 0.15) is 31.5 Å². The molecule has 2 fully saturated rings. The molecule has 27 heavy (non-hydrogen) atoms. The number of nitrogens with one attached hydrogen (secondary N) is 3. The van der Waals surface area contributed by atoms with Gasteiger partial charge in [0, 0.05) is 45.2 Å². The van der Waals surface area contributed by atoms with Crippen molar-refractivity contribution >= 4 is 29.9 Å². The van der Waals surface area contributed by atoms with Gasteiger partial charge >= 0.3 is 0 Å². The van der Waals surface area contributed by atoms with E-state index in [2.05, 4.69) is 35.7 Å². The van der Waals surface area contributed by atoms with Crippen molar-refractivity contribution in [3.05, 3.63) is 24.2 Å². The Morgan fingerprint density at radius 2 is 2.15 bits per heavy atom. The molecule has 0 amide bonds. The Morgan fingerprint density at radius 1 is 1.33 bits per heavy atom. The predicted molar refractivity (Wildman–Crippen MR) is 115 cm³/mol. The van der Waals surface area contributed by atoms with Gasteiger partial charge < -0.3 is 20.0 Å². The van der Waals surface area contributed by atoms with Gasteiger partial charge in [0.25, 0.3) is 0 Å². The van der Waals surface area contributed by atoms with E-state index in [1.807, 2.05) is 19.2 Å². The lowest BCUT2D eigenvalue weighted by molar-refractivity contribution is 0.197. The van der Waals surface area contributed by atoms with Crippen molar-refractivity contribution < 1.29 is 4.42 Å². The zero-order valence-electron chi connectivity index (χ0n) is 15.6. The molecule has 0 unspecified atom stereocenters. The molecule has 0 spiro atoms. The van der Waals surface area contributed by atoms with Crippen molar-refractivity contribution in [2.45, 2.75) is 44.2 Å². The third-order valence-electron chi connectivity index (χ3n) is 5.08. The molecule has 1 aliphatic heterocycles. The normalized spacial score (nSPS) is 18.9. The van der Waals surface area contributed by atoms with Crippen LogP contribution in [0.3, 0.4) is 0 Å². The van der Waals surface area contributed by atoms with Crippen LogP contribution in [0.2, 0.25) is 0 Å². The third kappa shape index (κ3) is 5.44. The fourth-order valence-electron chi connectivity index (χ4n) is 3.46. The number of aliphatic imine (C=N–C) groups is 1. The molecule has 1 saturated carbocycles. The Bertz CT molecular complexity index is 718. The zero-order valence-corrected chi connectivity index (χ0v) is 18.0. The first-order chi connectivity index (χ1) is 12.8. The summed E-state index contributed by atoms with van der Waals surface area (Å²) in [4.78, 5) is 11.4. The van der Waals surface area contributed by atoms with Gasteiger partial charge in [0.1, 0.15) is 5.82 Å². The van der Waals surface area contributed by atoms with Gasteiger partial charge in [-0.05, 0) is 37.8 Å². The standard InChI is InChI=1S/C18H27N7O.HI/c1-19-18(21-13-7-10-25(11-8-13)14-4-5-14)20-9-6-16-22-17(24-23-16)15-3-2-12-26-15;/h2-3,12-14H,4-11H2,1H3,(H2,19,20,21)(H,22,23,24);1H. The molecule has 148 valence electrons. The maximum atomic E-state index is 5.31. The van der Waals surface area contributed by atoms with E-state index >= 15 is 0 Å². The summed E-state index contributed by atoms with van der Waals surface area (Å²) in [7, 11) is 1.82. The number of hydrogen-bond donors (Lipinski definition) is 3. The first kappa shape index (κ1) is 20.1. The summed E-state index contributed by atoms with van der Waals surface area (Å²) < 4.78 is 5.31. The molecule has 0 aromatic carbocycles. The Hall–Kier alpha value is -1.62. The second-order valence-corrected chi connectivity index (χ2v) is 7.02. The molecule has 0 radical (unpaired) electrons. The van der Waals surface area contributed by atoms with Gasteiger partial charge in [0.05, 0.1) is 6.26 Å². The molecular formula is C18H28IN7O. The molecule has 1 aliphatic carbocycles. The number of likely N-dealkylation sites (tertiary alicyclic amines) is 1. The lowest BCUT2D eigenvalue weighted by Crippen LogP contribution is -2.49. The van der Waals surface area contributed by atoms with Gasteiger partial charge in [-0.3, -0.25) is 10.1 Å². The number of hydrogen-bond acceptors (Lipinski definition) is 5. The number of guanidine groups is 1. The molecule has 4 rings (SSSR count). The highest BCUT2D eigenvalue weighted by Crippen LogP contribution is 2.29. The maximum absolute atomic E-state index is 5.31. The van der Waals surface area contributed by atoms with Crippen molar-refractivity contribution in [2.75, 3.05) is 26.7 Å². The van der Waals surface area contributed by atoms with Crippen LogP contribution in [0.25, 0.3) is 11.6 Å². The van der Waals surface area contributed by atoms with E-state index in [9.17, 15) is 0 Å². The second-order valence-electron chi connectivity index (χ2n) is 7.02. The number of aromatic amines is 1. The van der Waals surface area contributed by atoms with E-state index in [1.54, 1.807) is 6.26 Å². The highest BCUT2D eigenvalue weighted by molar-refractivity contribution is 14.0.